The second kappa shape index (κ2) is 11.5. The molecule has 0 atom stereocenters. The smallest absolute Gasteiger partial charge is 0.344 e. The van der Waals surface area contributed by atoms with E-state index in [1.165, 1.54) is 34.1 Å². The standard InChI is InChI=1S/C23H25NO9/c1-6-31-23(28)21-20(13(2)25)14(3)33-22(21)24-18(26)12-32-19(27)10-8-15-7-9-16(29-4)11-17(15)30-5/h7-11H,6,12H2,1-5H3,(H,24,26)/b10-8+. The number of furan rings is 1. The first-order chi connectivity index (χ1) is 15.7. The highest BCUT2D eigenvalue weighted by molar-refractivity contribution is 6.10. The van der Waals surface area contributed by atoms with Crippen molar-refractivity contribution in [2.45, 2.75) is 20.8 Å². The Kier molecular flexibility index (Phi) is 8.79. The molecule has 0 saturated carbocycles. The van der Waals surface area contributed by atoms with Crippen LogP contribution in [-0.2, 0) is 19.1 Å². The zero-order valence-electron chi connectivity index (χ0n) is 19.0. The van der Waals surface area contributed by atoms with Crippen LogP contribution in [0.2, 0.25) is 0 Å². The van der Waals surface area contributed by atoms with Crippen molar-refractivity contribution in [2.75, 3.05) is 32.8 Å². The summed E-state index contributed by atoms with van der Waals surface area (Å²) < 4.78 is 25.6. The molecule has 176 valence electrons. The Morgan fingerprint density at radius 3 is 2.39 bits per heavy atom. The van der Waals surface area contributed by atoms with Gasteiger partial charge in [0.15, 0.2) is 12.4 Å². The van der Waals surface area contributed by atoms with Gasteiger partial charge in [0.2, 0.25) is 5.88 Å². The second-order valence-electron chi connectivity index (χ2n) is 6.61. The highest BCUT2D eigenvalue weighted by atomic mass is 16.5. The molecule has 10 heteroatoms. The van der Waals surface area contributed by atoms with Crippen LogP contribution in [0.3, 0.4) is 0 Å². The van der Waals surface area contributed by atoms with E-state index in [1.807, 2.05) is 0 Å². The minimum Gasteiger partial charge on any atom is -0.497 e. The highest BCUT2D eigenvalue weighted by Gasteiger charge is 2.28. The van der Waals surface area contributed by atoms with Crippen molar-refractivity contribution >= 4 is 35.6 Å². The molecule has 0 spiro atoms. The summed E-state index contributed by atoms with van der Waals surface area (Å²) in [4.78, 5) is 48.4. The van der Waals surface area contributed by atoms with Gasteiger partial charge >= 0.3 is 11.9 Å². The van der Waals surface area contributed by atoms with E-state index in [2.05, 4.69) is 5.32 Å². The monoisotopic (exact) mass is 459 g/mol. The molecule has 0 aliphatic heterocycles. The molecule has 10 nitrogen and oxygen atoms in total. The van der Waals surface area contributed by atoms with Crippen LogP contribution >= 0.6 is 0 Å². The summed E-state index contributed by atoms with van der Waals surface area (Å²) in [6.45, 7) is 3.76. The summed E-state index contributed by atoms with van der Waals surface area (Å²) in [6.07, 6.45) is 2.60. The number of carbonyl (C=O) groups excluding carboxylic acids is 4. The van der Waals surface area contributed by atoms with E-state index in [4.69, 9.17) is 23.4 Å². The number of anilines is 1. The summed E-state index contributed by atoms with van der Waals surface area (Å²) in [5.74, 6) is -1.83. The van der Waals surface area contributed by atoms with Gasteiger partial charge in [0.25, 0.3) is 5.91 Å². The fourth-order valence-corrected chi connectivity index (χ4v) is 2.92. The number of carbonyl (C=O) groups is 4. The van der Waals surface area contributed by atoms with Crippen LogP contribution in [0.5, 0.6) is 11.5 Å². The quantitative estimate of drug-likeness (QED) is 0.323. The van der Waals surface area contributed by atoms with E-state index >= 15 is 0 Å². The lowest BCUT2D eigenvalue weighted by Crippen LogP contribution is -2.21. The summed E-state index contributed by atoms with van der Waals surface area (Å²) in [5.41, 5.74) is 0.423. The molecule has 0 aliphatic rings. The van der Waals surface area contributed by atoms with E-state index in [0.29, 0.717) is 17.1 Å². The van der Waals surface area contributed by atoms with Crippen LogP contribution in [0, 0.1) is 6.92 Å². The maximum atomic E-state index is 12.3. The van der Waals surface area contributed by atoms with Gasteiger partial charge in [-0.1, -0.05) is 0 Å². The van der Waals surface area contributed by atoms with E-state index in [9.17, 15) is 19.2 Å². The largest absolute Gasteiger partial charge is 0.497 e. The Hall–Kier alpha value is -4.08. The normalized spacial score (nSPS) is 10.6. The molecular formula is C23H25NO9. The molecule has 0 unspecified atom stereocenters. The predicted molar refractivity (Wildman–Crippen MR) is 118 cm³/mol. The van der Waals surface area contributed by atoms with Gasteiger partial charge < -0.3 is 23.4 Å². The molecular weight excluding hydrogens is 434 g/mol. The number of nitrogens with one attached hydrogen (secondary N) is 1. The van der Waals surface area contributed by atoms with Gasteiger partial charge in [-0.3, -0.25) is 14.9 Å². The van der Waals surface area contributed by atoms with Crippen molar-refractivity contribution in [2.24, 2.45) is 0 Å². The van der Waals surface area contributed by atoms with Gasteiger partial charge in [-0.05, 0) is 39.0 Å². The lowest BCUT2D eigenvalue weighted by atomic mass is 10.1. The van der Waals surface area contributed by atoms with Gasteiger partial charge in [-0.15, -0.1) is 0 Å². The fraction of sp³-hybridized carbons (Fsp3) is 0.304. The number of esters is 2. The number of ketones is 1. The van der Waals surface area contributed by atoms with Gasteiger partial charge in [0.05, 0.1) is 26.4 Å². The highest BCUT2D eigenvalue weighted by Crippen LogP contribution is 2.28. The minimum absolute atomic E-state index is 0.0112. The number of aryl methyl sites for hydroxylation is 1. The molecule has 0 aliphatic carbocycles. The Morgan fingerprint density at radius 1 is 1.06 bits per heavy atom. The fourth-order valence-electron chi connectivity index (χ4n) is 2.92. The summed E-state index contributed by atoms with van der Waals surface area (Å²) in [5, 5.41) is 2.33. The summed E-state index contributed by atoms with van der Waals surface area (Å²) in [7, 11) is 3.00. The number of benzene rings is 1. The number of rotatable bonds is 10. The third-order valence-electron chi connectivity index (χ3n) is 4.35. The first kappa shape index (κ1) is 25.2. The first-order valence-electron chi connectivity index (χ1n) is 9.89. The number of amides is 1. The average Bonchev–Trinajstić information content (AvgIpc) is 3.11. The van der Waals surface area contributed by atoms with Crippen LogP contribution < -0.4 is 14.8 Å². The van der Waals surface area contributed by atoms with E-state index in [-0.39, 0.29) is 29.4 Å². The van der Waals surface area contributed by atoms with E-state index < -0.39 is 30.2 Å². The van der Waals surface area contributed by atoms with E-state index in [0.717, 1.165) is 6.08 Å². The predicted octanol–water partition coefficient (Wildman–Crippen LogP) is 3.18. The molecule has 1 N–H and O–H groups in total. The second-order valence-corrected chi connectivity index (χ2v) is 6.61. The van der Waals surface area contributed by atoms with Crippen molar-refractivity contribution in [3.8, 4) is 11.5 Å². The lowest BCUT2D eigenvalue weighted by molar-refractivity contribution is -0.142. The molecule has 1 amide bonds. The topological polar surface area (TPSA) is 130 Å². The molecule has 1 aromatic carbocycles. The van der Waals surface area contributed by atoms with Crippen LogP contribution in [0.4, 0.5) is 5.88 Å². The molecule has 0 saturated heterocycles. The van der Waals surface area contributed by atoms with E-state index in [1.54, 1.807) is 25.1 Å². The van der Waals surface area contributed by atoms with Crippen LogP contribution in [-0.4, -0.2) is 51.1 Å². The van der Waals surface area contributed by atoms with Crippen molar-refractivity contribution in [1.29, 1.82) is 0 Å². The maximum Gasteiger partial charge on any atom is 0.344 e. The number of Topliss-reactive ketones (excluding diaryl/α,β-unsaturated/α-hetero) is 1. The van der Waals surface area contributed by atoms with Crippen LogP contribution in [0.1, 0.15) is 45.9 Å². The Labute approximate surface area is 190 Å². The third-order valence-corrected chi connectivity index (χ3v) is 4.35. The summed E-state index contributed by atoms with van der Waals surface area (Å²) >= 11 is 0. The number of hydrogen-bond acceptors (Lipinski definition) is 9. The van der Waals surface area contributed by atoms with Gasteiger partial charge in [-0.2, -0.15) is 0 Å². The molecule has 0 fully saturated rings. The molecule has 2 aromatic rings. The van der Waals surface area contributed by atoms with Crippen molar-refractivity contribution in [3.05, 3.63) is 46.7 Å². The number of methoxy groups -OCH3 is 2. The minimum atomic E-state index is -0.816. The lowest BCUT2D eigenvalue weighted by Gasteiger charge is -2.07. The Bertz CT molecular complexity index is 1080. The first-order valence-corrected chi connectivity index (χ1v) is 9.89. The molecule has 0 radical (unpaired) electrons. The van der Waals surface area contributed by atoms with Crippen molar-refractivity contribution in [3.63, 3.8) is 0 Å². The average molecular weight is 459 g/mol. The van der Waals surface area contributed by atoms with Crippen LogP contribution in [0.25, 0.3) is 6.08 Å². The zero-order chi connectivity index (χ0) is 24.5. The van der Waals surface area contributed by atoms with Crippen LogP contribution in [0.15, 0.2) is 28.7 Å². The summed E-state index contributed by atoms with van der Waals surface area (Å²) in [6, 6.07) is 5.04. The number of ether oxygens (including phenoxy) is 4. The van der Waals surface area contributed by atoms with Gasteiger partial charge in [0, 0.05) is 17.7 Å². The Balaban J connectivity index is 2.05. The molecule has 0 bridgehead atoms. The number of hydrogen-bond donors (Lipinski definition) is 1. The molecule has 1 aromatic heterocycles. The van der Waals surface area contributed by atoms with Gasteiger partial charge in [-0.25, -0.2) is 9.59 Å². The molecule has 1 heterocycles. The molecule has 2 rings (SSSR count). The SMILES string of the molecule is CCOC(=O)c1c(NC(=O)COC(=O)/C=C/c2ccc(OC)cc2OC)oc(C)c1C(C)=O. The van der Waals surface area contributed by atoms with Crippen molar-refractivity contribution in [1.82, 2.24) is 0 Å². The zero-order valence-corrected chi connectivity index (χ0v) is 19.0. The third kappa shape index (κ3) is 6.45. The van der Waals surface area contributed by atoms with Crippen molar-refractivity contribution < 1.29 is 42.5 Å². The van der Waals surface area contributed by atoms with Gasteiger partial charge in [0.1, 0.15) is 22.8 Å². The maximum absolute atomic E-state index is 12.3. The molecule has 33 heavy (non-hydrogen) atoms. The Morgan fingerprint density at radius 2 is 1.79 bits per heavy atom.